The van der Waals surface area contributed by atoms with Crippen molar-refractivity contribution in [2.45, 2.75) is 72.3 Å². The molecule has 2 N–H and O–H groups in total. The highest BCUT2D eigenvalue weighted by Gasteiger charge is 2.45. The largest absolute Gasteiger partial charge is 0.486 e. The smallest absolute Gasteiger partial charge is 0.243 e. The van der Waals surface area contributed by atoms with Crippen molar-refractivity contribution in [2.24, 2.45) is 11.3 Å². The predicted octanol–water partition coefficient (Wildman–Crippen LogP) is 2.91. The van der Waals surface area contributed by atoms with Gasteiger partial charge in [0.1, 0.15) is 17.9 Å². The second-order valence-electron chi connectivity index (χ2n) is 8.69. The topological polar surface area (TPSA) is 76.7 Å². The van der Waals surface area contributed by atoms with E-state index in [1.54, 1.807) is 0 Å². The van der Waals surface area contributed by atoms with E-state index in [4.69, 9.17) is 9.47 Å². The Morgan fingerprint density at radius 2 is 1.82 bits per heavy atom. The third-order valence-corrected chi connectivity index (χ3v) is 4.89. The second kappa shape index (κ2) is 9.41. The average Bonchev–Trinajstić information content (AvgIpc) is 2.62. The Kier molecular flexibility index (Phi) is 7.47. The molecule has 1 aliphatic carbocycles. The fourth-order valence-electron chi connectivity index (χ4n) is 3.08. The van der Waals surface area contributed by atoms with Crippen LogP contribution in [0.2, 0.25) is 0 Å². The van der Waals surface area contributed by atoms with E-state index in [2.05, 4.69) is 10.6 Å². The van der Waals surface area contributed by atoms with Gasteiger partial charge in [0.2, 0.25) is 11.8 Å². The van der Waals surface area contributed by atoms with Gasteiger partial charge in [-0.2, -0.15) is 0 Å². The molecule has 0 saturated heterocycles. The first-order valence-corrected chi connectivity index (χ1v) is 10.1. The Morgan fingerprint density at radius 1 is 1.18 bits per heavy atom. The molecule has 0 aromatic heterocycles. The van der Waals surface area contributed by atoms with Crippen LogP contribution in [0.1, 0.15) is 48.0 Å². The van der Waals surface area contributed by atoms with Gasteiger partial charge in [-0.15, -0.1) is 0 Å². The molecule has 1 saturated carbocycles. The summed E-state index contributed by atoms with van der Waals surface area (Å²) in [6.45, 7) is 11.9. The zero-order valence-corrected chi connectivity index (χ0v) is 17.8. The van der Waals surface area contributed by atoms with Crippen LogP contribution in [-0.2, 0) is 14.3 Å². The first-order valence-electron chi connectivity index (χ1n) is 10.1. The van der Waals surface area contributed by atoms with Crippen LogP contribution < -0.4 is 15.4 Å². The normalized spacial score (nSPS) is 22.9. The van der Waals surface area contributed by atoms with Crippen molar-refractivity contribution in [3.8, 4) is 5.75 Å². The number of benzene rings is 1. The summed E-state index contributed by atoms with van der Waals surface area (Å²) in [7, 11) is 0. The lowest BCUT2D eigenvalue weighted by Crippen LogP contribution is -2.65. The van der Waals surface area contributed by atoms with Gasteiger partial charge in [0.15, 0.2) is 0 Å². The van der Waals surface area contributed by atoms with Gasteiger partial charge in [0.05, 0.1) is 12.1 Å². The van der Waals surface area contributed by atoms with Crippen LogP contribution in [0.5, 0.6) is 5.75 Å². The van der Waals surface area contributed by atoms with Crippen molar-refractivity contribution < 1.29 is 19.1 Å². The van der Waals surface area contributed by atoms with E-state index in [1.807, 2.05) is 71.9 Å². The SMILES string of the molecule is CCOC1CC(NC(=O)C(NC(=O)C(C)(C)C)C(C)C)C1Oc1ccccc1. The van der Waals surface area contributed by atoms with Gasteiger partial charge in [-0.3, -0.25) is 9.59 Å². The molecule has 0 radical (unpaired) electrons. The van der Waals surface area contributed by atoms with Crippen LogP contribution in [-0.4, -0.2) is 42.7 Å². The molecule has 6 heteroatoms. The fourth-order valence-corrected chi connectivity index (χ4v) is 3.08. The van der Waals surface area contributed by atoms with E-state index in [1.165, 1.54) is 0 Å². The summed E-state index contributed by atoms with van der Waals surface area (Å²) in [4.78, 5) is 25.3. The molecule has 1 aromatic rings. The monoisotopic (exact) mass is 390 g/mol. The minimum Gasteiger partial charge on any atom is -0.486 e. The van der Waals surface area contributed by atoms with Crippen LogP contribution in [0.25, 0.3) is 0 Å². The molecular weight excluding hydrogens is 356 g/mol. The van der Waals surface area contributed by atoms with Crippen molar-refractivity contribution in [1.29, 1.82) is 0 Å². The van der Waals surface area contributed by atoms with Gasteiger partial charge in [-0.25, -0.2) is 0 Å². The zero-order chi connectivity index (χ0) is 20.9. The zero-order valence-electron chi connectivity index (χ0n) is 17.8. The van der Waals surface area contributed by atoms with E-state index in [-0.39, 0.29) is 36.0 Å². The lowest BCUT2D eigenvalue weighted by molar-refractivity contribution is -0.139. The molecule has 28 heavy (non-hydrogen) atoms. The molecule has 0 heterocycles. The van der Waals surface area contributed by atoms with Crippen molar-refractivity contribution in [3.05, 3.63) is 30.3 Å². The molecule has 2 amide bonds. The molecule has 4 unspecified atom stereocenters. The molecule has 0 aliphatic heterocycles. The summed E-state index contributed by atoms with van der Waals surface area (Å²) in [5, 5.41) is 5.94. The van der Waals surface area contributed by atoms with Gasteiger partial charge in [-0.1, -0.05) is 52.8 Å². The van der Waals surface area contributed by atoms with Crippen molar-refractivity contribution in [2.75, 3.05) is 6.61 Å². The highest BCUT2D eigenvalue weighted by molar-refractivity contribution is 5.90. The number of amides is 2. The molecule has 156 valence electrons. The molecule has 0 bridgehead atoms. The molecule has 4 atom stereocenters. The summed E-state index contributed by atoms with van der Waals surface area (Å²) in [5.41, 5.74) is -0.553. The maximum Gasteiger partial charge on any atom is 0.243 e. The second-order valence-corrected chi connectivity index (χ2v) is 8.69. The molecular formula is C22H34N2O4. The third-order valence-electron chi connectivity index (χ3n) is 4.89. The molecule has 0 spiro atoms. The van der Waals surface area contributed by atoms with E-state index in [0.717, 1.165) is 5.75 Å². The van der Waals surface area contributed by atoms with Crippen LogP contribution >= 0.6 is 0 Å². The number of carbonyl (C=O) groups excluding carboxylic acids is 2. The van der Waals surface area contributed by atoms with Crippen molar-refractivity contribution in [3.63, 3.8) is 0 Å². The highest BCUT2D eigenvalue weighted by atomic mass is 16.5. The van der Waals surface area contributed by atoms with Crippen molar-refractivity contribution in [1.82, 2.24) is 10.6 Å². The van der Waals surface area contributed by atoms with E-state index >= 15 is 0 Å². The van der Waals surface area contributed by atoms with E-state index < -0.39 is 11.5 Å². The van der Waals surface area contributed by atoms with Gasteiger partial charge in [-0.05, 0) is 25.0 Å². The molecule has 1 aromatic carbocycles. The molecule has 2 rings (SSSR count). The quantitative estimate of drug-likeness (QED) is 0.716. The number of nitrogens with one attached hydrogen (secondary N) is 2. The Balaban J connectivity index is 2.03. The summed E-state index contributed by atoms with van der Waals surface area (Å²) < 4.78 is 11.8. The van der Waals surface area contributed by atoms with Crippen LogP contribution in [0.4, 0.5) is 0 Å². The van der Waals surface area contributed by atoms with E-state index in [0.29, 0.717) is 13.0 Å². The van der Waals surface area contributed by atoms with Gasteiger partial charge < -0.3 is 20.1 Å². The first-order chi connectivity index (χ1) is 13.1. The van der Waals surface area contributed by atoms with Crippen LogP contribution in [0.3, 0.4) is 0 Å². The summed E-state index contributed by atoms with van der Waals surface area (Å²) in [5.74, 6) is 0.397. The molecule has 1 aliphatic rings. The first kappa shape index (κ1) is 22.2. The Bertz CT molecular complexity index is 654. The van der Waals surface area contributed by atoms with Gasteiger partial charge >= 0.3 is 0 Å². The lowest BCUT2D eigenvalue weighted by Gasteiger charge is -2.44. The standard InChI is InChI=1S/C22H34N2O4/c1-7-27-17-13-16(19(17)28-15-11-9-8-10-12-15)23-20(25)18(14(2)3)24-21(26)22(4,5)6/h8-12,14,16-19H,7,13H2,1-6H3,(H,23,25)(H,24,26). The Labute approximate surface area is 168 Å². The fraction of sp³-hybridized carbons (Fsp3) is 0.636. The summed E-state index contributed by atoms with van der Waals surface area (Å²) >= 11 is 0. The minimum atomic E-state index is -0.588. The molecule has 6 nitrogen and oxygen atoms in total. The third kappa shape index (κ3) is 5.71. The average molecular weight is 391 g/mol. The number of carbonyl (C=O) groups is 2. The number of ether oxygens (including phenoxy) is 2. The van der Waals surface area contributed by atoms with Crippen LogP contribution in [0.15, 0.2) is 30.3 Å². The number of hydrogen-bond acceptors (Lipinski definition) is 4. The maximum absolute atomic E-state index is 12.9. The number of rotatable bonds is 8. The Morgan fingerprint density at radius 3 is 2.36 bits per heavy atom. The Hall–Kier alpha value is -2.08. The van der Waals surface area contributed by atoms with Gasteiger partial charge in [0, 0.05) is 18.4 Å². The van der Waals surface area contributed by atoms with Crippen LogP contribution in [0, 0.1) is 11.3 Å². The highest BCUT2D eigenvalue weighted by Crippen LogP contribution is 2.29. The van der Waals surface area contributed by atoms with Crippen molar-refractivity contribution >= 4 is 11.8 Å². The lowest BCUT2D eigenvalue weighted by atomic mass is 9.84. The maximum atomic E-state index is 12.9. The number of para-hydroxylation sites is 1. The van der Waals surface area contributed by atoms with Gasteiger partial charge in [0.25, 0.3) is 0 Å². The minimum absolute atomic E-state index is 0.0254. The molecule has 1 fully saturated rings. The predicted molar refractivity (Wildman–Crippen MR) is 109 cm³/mol. The van der Waals surface area contributed by atoms with E-state index in [9.17, 15) is 9.59 Å². The summed E-state index contributed by atoms with van der Waals surface area (Å²) in [6, 6.07) is 8.79. The number of hydrogen-bond donors (Lipinski definition) is 2. The summed E-state index contributed by atoms with van der Waals surface area (Å²) in [6.07, 6.45) is 0.379.